The molecule has 2 aromatic heterocycles. The molecule has 5 heteroatoms. The zero-order valence-corrected chi connectivity index (χ0v) is 11.4. The highest BCUT2D eigenvalue weighted by Crippen LogP contribution is 2.25. The average molecular weight is 261 g/mol. The number of nitrogens with one attached hydrogen (secondary N) is 1. The second kappa shape index (κ2) is 4.86. The van der Waals surface area contributed by atoms with Crippen molar-refractivity contribution in [3.05, 3.63) is 29.9 Å². The number of carbonyl (C=O) groups is 1. The van der Waals surface area contributed by atoms with Crippen molar-refractivity contribution >= 4 is 22.4 Å². The van der Waals surface area contributed by atoms with Crippen LogP contribution in [0.2, 0.25) is 0 Å². The summed E-state index contributed by atoms with van der Waals surface area (Å²) in [5.41, 5.74) is 1.36. The first-order chi connectivity index (χ1) is 8.47. The van der Waals surface area contributed by atoms with Gasteiger partial charge in [0.15, 0.2) is 5.13 Å². The standard InChI is InChI=1S/C13H15N3OS/c1-13(2,3)11(17)16-12-15-10(8-18-12)9-5-4-6-14-7-9/h4-8H,1-3H3,(H,15,16,17). The first-order valence-electron chi connectivity index (χ1n) is 5.64. The maximum Gasteiger partial charge on any atom is 0.231 e. The lowest BCUT2D eigenvalue weighted by Crippen LogP contribution is -2.27. The number of amides is 1. The molecule has 0 aliphatic heterocycles. The van der Waals surface area contributed by atoms with Crippen molar-refractivity contribution in [2.24, 2.45) is 5.41 Å². The minimum Gasteiger partial charge on any atom is -0.302 e. The van der Waals surface area contributed by atoms with Crippen molar-refractivity contribution < 1.29 is 4.79 Å². The summed E-state index contributed by atoms with van der Waals surface area (Å²) in [7, 11) is 0. The van der Waals surface area contributed by atoms with Crippen molar-refractivity contribution in [1.82, 2.24) is 9.97 Å². The number of nitrogens with zero attached hydrogens (tertiary/aromatic N) is 2. The third-order valence-electron chi connectivity index (χ3n) is 2.36. The molecule has 0 atom stereocenters. The molecule has 4 nitrogen and oxygen atoms in total. The van der Waals surface area contributed by atoms with Crippen LogP contribution in [0.4, 0.5) is 5.13 Å². The van der Waals surface area contributed by atoms with E-state index in [2.05, 4.69) is 15.3 Å². The molecule has 1 amide bonds. The molecule has 0 aliphatic carbocycles. The van der Waals surface area contributed by atoms with Gasteiger partial charge in [-0.3, -0.25) is 9.78 Å². The van der Waals surface area contributed by atoms with Crippen LogP contribution in [0.15, 0.2) is 29.9 Å². The van der Waals surface area contributed by atoms with Crippen LogP contribution < -0.4 is 5.32 Å². The van der Waals surface area contributed by atoms with E-state index < -0.39 is 5.41 Å². The number of pyridine rings is 1. The highest BCUT2D eigenvalue weighted by atomic mass is 32.1. The Bertz CT molecular complexity index is 543. The van der Waals surface area contributed by atoms with Crippen LogP contribution in [-0.2, 0) is 4.79 Å². The van der Waals surface area contributed by atoms with Crippen LogP contribution in [0, 0.1) is 5.41 Å². The molecule has 2 heterocycles. The second-order valence-electron chi connectivity index (χ2n) is 4.98. The molecule has 1 N–H and O–H groups in total. The number of hydrogen-bond donors (Lipinski definition) is 1. The summed E-state index contributed by atoms with van der Waals surface area (Å²) in [5.74, 6) is -0.0328. The third kappa shape index (κ3) is 2.92. The first-order valence-corrected chi connectivity index (χ1v) is 6.52. The molecular formula is C13H15N3OS. The number of anilines is 1. The highest BCUT2D eigenvalue weighted by Gasteiger charge is 2.22. The van der Waals surface area contributed by atoms with Gasteiger partial charge < -0.3 is 5.32 Å². The van der Waals surface area contributed by atoms with Gasteiger partial charge in [0.05, 0.1) is 5.69 Å². The monoisotopic (exact) mass is 261 g/mol. The zero-order valence-electron chi connectivity index (χ0n) is 10.6. The van der Waals surface area contributed by atoms with Gasteiger partial charge in [0.2, 0.25) is 5.91 Å². The SMILES string of the molecule is CC(C)(C)C(=O)Nc1nc(-c2cccnc2)cs1. The molecular weight excluding hydrogens is 246 g/mol. The molecule has 0 saturated heterocycles. The summed E-state index contributed by atoms with van der Waals surface area (Å²) in [6.45, 7) is 5.62. The lowest BCUT2D eigenvalue weighted by molar-refractivity contribution is -0.123. The van der Waals surface area contributed by atoms with Crippen LogP contribution in [0.1, 0.15) is 20.8 Å². The van der Waals surface area contributed by atoms with Gasteiger partial charge in [-0.15, -0.1) is 11.3 Å². The molecule has 0 aromatic carbocycles. The summed E-state index contributed by atoms with van der Waals surface area (Å²) in [6, 6.07) is 3.81. The van der Waals surface area contributed by atoms with E-state index in [1.807, 2.05) is 38.3 Å². The molecule has 94 valence electrons. The molecule has 2 rings (SSSR count). The predicted octanol–water partition coefficient (Wildman–Crippen LogP) is 3.19. The van der Waals surface area contributed by atoms with Gasteiger partial charge in [-0.1, -0.05) is 20.8 Å². The van der Waals surface area contributed by atoms with E-state index in [0.717, 1.165) is 11.3 Å². The van der Waals surface area contributed by atoms with Gasteiger partial charge in [0.1, 0.15) is 0 Å². The molecule has 0 unspecified atom stereocenters. The Morgan fingerprint density at radius 1 is 1.39 bits per heavy atom. The number of aromatic nitrogens is 2. The molecule has 0 saturated carbocycles. The maximum atomic E-state index is 11.8. The smallest absolute Gasteiger partial charge is 0.231 e. The lowest BCUT2D eigenvalue weighted by atomic mass is 9.96. The fourth-order valence-corrected chi connectivity index (χ4v) is 1.98. The van der Waals surface area contributed by atoms with Gasteiger partial charge in [-0.25, -0.2) is 4.98 Å². The Morgan fingerprint density at radius 3 is 2.78 bits per heavy atom. The maximum absolute atomic E-state index is 11.8. The van der Waals surface area contributed by atoms with E-state index in [-0.39, 0.29) is 5.91 Å². The summed E-state index contributed by atoms with van der Waals surface area (Å²) in [5, 5.41) is 5.35. The summed E-state index contributed by atoms with van der Waals surface area (Å²) >= 11 is 1.42. The summed E-state index contributed by atoms with van der Waals surface area (Å²) in [4.78, 5) is 20.3. The Kier molecular flexibility index (Phi) is 3.43. The zero-order chi connectivity index (χ0) is 13.2. The van der Waals surface area contributed by atoms with Crippen LogP contribution >= 0.6 is 11.3 Å². The van der Waals surface area contributed by atoms with E-state index in [1.165, 1.54) is 11.3 Å². The minimum absolute atomic E-state index is 0.0328. The topological polar surface area (TPSA) is 54.9 Å². The number of thiazole rings is 1. The van der Waals surface area contributed by atoms with Gasteiger partial charge in [0, 0.05) is 28.8 Å². The van der Waals surface area contributed by atoms with Crippen molar-refractivity contribution in [2.75, 3.05) is 5.32 Å². The predicted molar refractivity (Wildman–Crippen MR) is 73.4 cm³/mol. The van der Waals surface area contributed by atoms with Crippen molar-refractivity contribution in [3.63, 3.8) is 0 Å². The van der Waals surface area contributed by atoms with Crippen LogP contribution in [0.5, 0.6) is 0 Å². The molecule has 0 bridgehead atoms. The largest absolute Gasteiger partial charge is 0.302 e. The van der Waals surface area contributed by atoms with Crippen molar-refractivity contribution in [3.8, 4) is 11.3 Å². The Morgan fingerprint density at radius 2 is 2.17 bits per heavy atom. The molecule has 18 heavy (non-hydrogen) atoms. The second-order valence-corrected chi connectivity index (χ2v) is 5.84. The number of hydrogen-bond acceptors (Lipinski definition) is 4. The van der Waals surface area contributed by atoms with Crippen molar-refractivity contribution in [1.29, 1.82) is 0 Å². The van der Waals surface area contributed by atoms with E-state index in [9.17, 15) is 4.79 Å². The average Bonchev–Trinajstić information content (AvgIpc) is 2.77. The molecule has 2 aromatic rings. The summed E-state index contributed by atoms with van der Waals surface area (Å²) < 4.78 is 0. The summed E-state index contributed by atoms with van der Waals surface area (Å²) in [6.07, 6.45) is 3.47. The molecule has 0 radical (unpaired) electrons. The Labute approximate surface area is 110 Å². The van der Waals surface area contributed by atoms with E-state index in [1.54, 1.807) is 12.4 Å². The number of rotatable bonds is 2. The van der Waals surface area contributed by atoms with Gasteiger partial charge >= 0.3 is 0 Å². The van der Waals surface area contributed by atoms with E-state index in [0.29, 0.717) is 5.13 Å². The molecule has 0 aliphatic rings. The van der Waals surface area contributed by atoms with Gasteiger partial charge in [-0.05, 0) is 12.1 Å². The molecule has 0 spiro atoms. The highest BCUT2D eigenvalue weighted by molar-refractivity contribution is 7.14. The lowest BCUT2D eigenvalue weighted by Gasteiger charge is -2.15. The normalized spacial score (nSPS) is 11.3. The van der Waals surface area contributed by atoms with Crippen LogP contribution in [0.25, 0.3) is 11.3 Å². The Balaban J connectivity index is 2.15. The van der Waals surface area contributed by atoms with Gasteiger partial charge in [0.25, 0.3) is 0 Å². The quantitative estimate of drug-likeness (QED) is 0.903. The number of carbonyl (C=O) groups excluding carboxylic acids is 1. The van der Waals surface area contributed by atoms with Gasteiger partial charge in [-0.2, -0.15) is 0 Å². The van der Waals surface area contributed by atoms with E-state index in [4.69, 9.17) is 0 Å². The third-order valence-corrected chi connectivity index (χ3v) is 3.12. The fourth-order valence-electron chi connectivity index (χ4n) is 1.26. The van der Waals surface area contributed by atoms with Crippen LogP contribution in [0.3, 0.4) is 0 Å². The van der Waals surface area contributed by atoms with Crippen LogP contribution in [-0.4, -0.2) is 15.9 Å². The van der Waals surface area contributed by atoms with Crippen molar-refractivity contribution in [2.45, 2.75) is 20.8 Å². The first kappa shape index (κ1) is 12.7. The van der Waals surface area contributed by atoms with E-state index >= 15 is 0 Å². The fraction of sp³-hybridized carbons (Fsp3) is 0.308. The Hall–Kier alpha value is -1.75. The minimum atomic E-state index is -0.417. The molecule has 0 fully saturated rings.